The van der Waals surface area contributed by atoms with Crippen molar-refractivity contribution in [2.24, 2.45) is 0 Å². The van der Waals surface area contributed by atoms with Crippen molar-refractivity contribution >= 4 is 16.7 Å². The molecule has 2 aromatic carbocycles. The number of halogens is 3. The summed E-state index contributed by atoms with van der Waals surface area (Å²) in [6.45, 7) is 0. The van der Waals surface area contributed by atoms with E-state index in [0.717, 1.165) is 12.1 Å². The van der Waals surface area contributed by atoms with E-state index in [4.69, 9.17) is 5.73 Å². The molecule has 0 unspecified atom stereocenters. The van der Waals surface area contributed by atoms with Crippen molar-refractivity contribution in [3.63, 3.8) is 0 Å². The molecule has 6 nitrogen and oxygen atoms in total. The smallest absolute Gasteiger partial charge is 0.383 e. The van der Waals surface area contributed by atoms with Gasteiger partial charge < -0.3 is 5.73 Å². The number of fused-ring (bicyclic) bond motifs is 1. The molecule has 0 aliphatic rings. The second kappa shape index (κ2) is 5.80. The molecule has 0 bridgehead atoms. The highest BCUT2D eigenvalue weighted by Crippen LogP contribution is 2.41. The van der Waals surface area contributed by atoms with Crippen LogP contribution in [-0.4, -0.2) is 25.6 Å². The Morgan fingerprint density at radius 2 is 1.73 bits per heavy atom. The second-order valence-corrected chi connectivity index (χ2v) is 5.58. The molecule has 26 heavy (non-hydrogen) atoms. The van der Waals surface area contributed by atoms with E-state index >= 15 is 0 Å². The van der Waals surface area contributed by atoms with Gasteiger partial charge >= 0.3 is 6.18 Å². The molecule has 0 radical (unpaired) electrons. The molecule has 3 N–H and O–H groups in total. The minimum atomic E-state index is -4.48. The first kappa shape index (κ1) is 16.0. The first-order chi connectivity index (χ1) is 12.4. The molecule has 0 aliphatic carbocycles. The molecule has 0 amide bonds. The summed E-state index contributed by atoms with van der Waals surface area (Å²) in [4.78, 5) is 4.23. The van der Waals surface area contributed by atoms with Crippen molar-refractivity contribution in [1.29, 1.82) is 0 Å². The predicted molar refractivity (Wildman–Crippen MR) is 89.8 cm³/mol. The number of aromatic amines is 1. The van der Waals surface area contributed by atoms with Crippen LogP contribution in [0.3, 0.4) is 0 Å². The lowest BCUT2D eigenvalue weighted by Gasteiger charge is -2.15. The van der Waals surface area contributed by atoms with Gasteiger partial charge in [-0.25, -0.2) is 4.98 Å². The maximum Gasteiger partial charge on any atom is 0.416 e. The maximum atomic E-state index is 13.2. The van der Waals surface area contributed by atoms with Crippen LogP contribution in [0.4, 0.5) is 19.0 Å². The lowest BCUT2D eigenvalue weighted by atomic mass is 9.94. The van der Waals surface area contributed by atoms with Crippen LogP contribution in [0.5, 0.6) is 0 Å². The first-order valence-corrected chi connectivity index (χ1v) is 7.55. The maximum absolute atomic E-state index is 13.2. The Balaban J connectivity index is 2.14. The largest absolute Gasteiger partial charge is 0.416 e. The van der Waals surface area contributed by atoms with Gasteiger partial charge in [0.1, 0.15) is 5.82 Å². The minimum Gasteiger partial charge on any atom is -0.383 e. The summed E-state index contributed by atoms with van der Waals surface area (Å²) in [5.74, 6) is 0.269. The number of hydrogen-bond donors (Lipinski definition) is 2. The molecule has 4 rings (SSSR count). The fourth-order valence-electron chi connectivity index (χ4n) is 2.86. The van der Waals surface area contributed by atoms with Gasteiger partial charge in [0.05, 0.1) is 16.6 Å². The van der Waals surface area contributed by atoms with Crippen LogP contribution in [0.15, 0.2) is 48.5 Å². The van der Waals surface area contributed by atoms with Crippen LogP contribution in [-0.2, 0) is 6.18 Å². The fraction of sp³-hybridized carbons (Fsp3) is 0.0588. The Morgan fingerprint density at radius 3 is 2.38 bits per heavy atom. The Hall–Kier alpha value is -3.49. The van der Waals surface area contributed by atoms with Crippen molar-refractivity contribution in [2.75, 3.05) is 5.73 Å². The average molecular weight is 356 g/mol. The zero-order valence-corrected chi connectivity index (χ0v) is 13.1. The summed E-state index contributed by atoms with van der Waals surface area (Å²) in [6.07, 6.45) is -4.48. The number of alkyl halides is 3. The SMILES string of the molecule is Nc1nc2ccc(C(F)(F)F)cc2c(-c2ccccc2)c1-c1nn[nH]n1. The zero-order valence-electron chi connectivity index (χ0n) is 13.1. The Labute approximate surface area is 144 Å². The Morgan fingerprint density at radius 1 is 0.962 bits per heavy atom. The standard InChI is InChI=1S/C17H11F3N6/c18-17(19,20)10-6-7-12-11(8-10)13(9-4-2-1-3-5-9)14(15(21)22-12)16-23-25-26-24-16/h1-8H,(H2,21,22)(H,23,24,25,26). The van der Waals surface area contributed by atoms with E-state index < -0.39 is 11.7 Å². The molecule has 0 fully saturated rings. The summed E-state index contributed by atoms with van der Waals surface area (Å²) in [5, 5.41) is 14.0. The van der Waals surface area contributed by atoms with E-state index in [9.17, 15) is 13.2 Å². The molecule has 0 atom stereocenters. The molecule has 2 aromatic heterocycles. The van der Waals surface area contributed by atoms with E-state index in [2.05, 4.69) is 25.6 Å². The van der Waals surface area contributed by atoms with Crippen LogP contribution in [0, 0.1) is 0 Å². The molecule has 0 saturated carbocycles. The molecular weight excluding hydrogens is 345 g/mol. The third kappa shape index (κ3) is 2.63. The normalized spacial score (nSPS) is 11.8. The zero-order chi connectivity index (χ0) is 18.3. The number of tetrazole rings is 1. The van der Waals surface area contributed by atoms with Gasteiger partial charge in [0.25, 0.3) is 0 Å². The van der Waals surface area contributed by atoms with E-state index in [1.807, 2.05) is 6.07 Å². The molecule has 4 aromatic rings. The first-order valence-electron chi connectivity index (χ1n) is 7.55. The van der Waals surface area contributed by atoms with Gasteiger partial charge in [0.2, 0.25) is 5.82 Å². The second-order valence-electron chi connectivity index (χ2n) is 5.58. The number of nitrogens with one attached hydrogen (secondary N) is 1. The van der Waals surface area contributed by atoms with Crippen LogP contribution >= 0.6 is 0 Å². The number of aromatic nitrogens is 5. The summed E-state index contributed by atoms with van der Waals surface area (Å²) in [6, 6.07) is 12.3. The highest BCUT2D eigenvalue weighted by molar-refractivity contribution is 6.05. The predicted octanol–water partition coefficient (Wildman–Crippen LogP) is 3.68. The van der Waals surface area contributed by atoms with Crippen molar-refractivity contribution in [3.05, 3.63) is 54.1 Å². The number of rotatable bonds is 2. The number of nitrogens with zero attached hydrogens (tertiary/aromatic N) is 4. The van der Waals surface area contributed by atoms with Gasteiger partial charge in [-0.05, 0) is 29.0 Å². The van der Waals surface area contributed by atoms with Gasteiger partial charge in [0.15, 0.2) is 0 Å². The lowest BCUT2D eigenvalue weighted by molar-refractivity contribution is -0.137. The van der Waals surface area contributed by atoms with Gasteiger partial charge in [-0.1, -0.05) is 30.3 Å². The van der Waals surface area contributed by atoms with Crippen molar-refractivity contribution in [2.45, 2.75) is 6.18 Å². The molecule has 130 valence electrons. The van der Waals surface area contributed by atoms with Gasteiger partial charge in [0, 0.05) is 10.9 Å². The summed E-state index contributed by atoms with van der Waals surface area (Å²) < 4.78 is 39.7. The topological polar surface area (TPSA) is 93.4 Å². The third-order valence-electron chi connectivity index (χ3n) is 3.97. The van der Waals surface area contributed by atoms with Crippen LogP contribution < -0.4 is 5.73 Å². The molecule has 0 saturated heterocycles. The Bertz CT molecular complexity index is 1080. The number of benzene rings is 2. The number of nitrogen functional groups attached to an aromatic ring is 1. The minimum absolute atomic E-state index is 0.109. The van der Waals surface area contributed by atoms with E-state index in [0.29, 0.717) is 27.6 Å². The van der Waals surface area contributed by atoms with E-state index in [-0.39, 0.29) is 11.6 Å². The molecule has 0 aliphatic heterocycles. The fourth-order valence-corrected chi connectivity index (χ4v) is 2.86. The Kier molecular flexibility index (Phi) is 3.57. The van der Waals surface area contributed by atoms with Gasteiger partial charge in [-0.3, -0.25) is 0 Å². The van der Waals surface area contributed by atoms with Gasteiger partial charge in [-0.15, -0.1) is 10.2 Å². The number of hydrogen-bond acceptors (Lipinski definition) is 5. The number of H-pyrrole nitrogens is 1. The van der Waals surface area contributed by atoms with E-state index in [1.54, 1.807) is 24.3 Å². The van der Waals surface area contributed by atoms with Crippen LogP contribution in [0.2, 0.25) is 0 Å². The van der Waals surface area contributed by atoms with Crippen LogP contribution in [0.25, 0.3) is 33.4 Å². The summed E-state index contributed by atoms with van der Waals surface area (Å²) in [7, 11) is 0. The monoisotopic (exact) mass is 356 g/mol. The highest BCUT2D eigenvalue weighted by Gasteiger charge is 2.31. The van der Waals surface area contributed by atoms with Crippen LogP contribution in [0.1, 0.15) is 5.56 Å². The molecule has 0 spiro atoms. The van der Waals surface area contributed by atoms with Crippen molar-refractivity contribution in [3.8, 4) is 22.5 Å². The molecule has 9 heteroatoms. The average Bonchev–Trinajstić information content (AvgIpc) is 3.14. The summed E-state index contributed by atoms with van der Waals surface area (Å²) >= 11 is 0. The highest BCUT2D eigenvalue weighted by atomic mass is 19.4. The molecule has 2 heterocycles. The van der Waals surface area contributed by atoms with Gasteiger partial charge in [-0.2, -0.15) is 18.4 Å². The number of anilines is 1. The van der Waals surface area contributed by atoms with E-state index in [1.165, 1.54) is 6.07 Å². The quantitative estimate of drug-likeness (QED) is 0.571. The van der Waals surface area contributed by atoms with Crippen molar-refractivity contribution in [1.82, 2.24) is 25.6 Å². The number of nitrogens with two attached hydrogens (primary N) is 1. The molecular formula is C17H11F3N6. The lowest BCUT2D eigenvalue weighted by Crippen LogP contribution is -2.06. The third-order valence-corrected chi connectivity index (χ3v) is 3.97. The number of pyridine rings is 1. The van der Waals surface area contributed by atoms with Crippen molar-refractivity contribution < 1.29 is 13.2 Å². The summed E-state index contributed by atoms with van der Waals surface area (Å²) in [5.41, 5.74) is 7.14.